The van der Waals surface area contributed by atoms with Gasteiger partial charge in [0.1, 0.15) is 0 Å². The molecular formula is HAuO3S. The third kappa shape index (κ3) is 4.65. The Labute approximate surface area is 43.9 Å². The fourth-order valence-corrected chi connectivity index (χ4v) is 0. The summed E-state index contributed by atoms with van der Waals surface area (Å²) < 4.78 is 22.0. The predicted octanol–water partition coefficient (Wildman–Crippen LogP) is -1.01. The van der Waals surface area contributed by atoms with Crippen LogP contribution >= 0.6 is 0 Å². The molecule has 0 spiro atoms. The molecule has 0 aromatic heterocycles. The SMILES string of the molecule is O=[SH](=O)[O][Au]. The second kappa shape index (κ2) is 2.87. The fraction of sp³-hybridized carbons (Fsp3) is 0. The van der Waals surface area contributed by atoms with Crippen molar-refractivity contribution >= 4 is 11.0 Å². The van der Waals surface area contributed by atoms with Gasteiger partial charge >= 0.3 is 43.6 Å². The summed E-state index contributed by atoms with van der Waals surface area (Å²) in [5.41, 5.74) is 0. The second-order valence-corrected chi connectivity index (χ2v) is 2.02. The second-order valence-electron chi connectivity index (χ2n) is 0.279. The van der Waals surface area contributed by atoms with E-state index in [0.717, 1.165) is 0 Å². The van der Waals surface area contributed by atoms with Crippen molar-refractivity contribution in [1.29, 1.82) is 0 Å². The van der Waals surface area contributed by atoms with E-state index in [4.69, 9.17) is 8.42 Å². The number of rotatable bonds is 1. The number of hydrogen-bond acceptors (Lipinski definition) is 3. The molecule has 36 valence electrons. The molecule has 0 saturated heterocycles. The van der Waals surface area contributed by atoms with Gasteiger partial charge in [-0.25, -0.2) is 0 Å². The van der Waals surface area contributed by atoms with Crippen molar-refractivity contribution in [2.45, 2.75) is 0 Å². The summed E-state index contributed by atoms with van der Waals surface area (Å²) in [6, 6.07) is 0. The van der Waals surface area contributed by atoms with Crippen molar-refractivity contribution in [1.82, 2.24) is 0 Å². The fourth-order valence-electron chi connectivity index (χ4n) is 0. The topological polar surface area (TPSA) is 43.4 Å². The summed E-state index contributed by atoms with van der Waals surface area (Å²) in [6.07, 6.45) is 0. The first kappa shape index (κ1) is 5.65. The van der Waals surface area contributed by atoms with E-state index in [1.807, 2.05) is 0 Å². The van der Waals surface area contributed by atoms with E-state index in [1.165, 1.54) is 21.5 Å². The molecule has 0 N–H and O–H groups in total. The van der Waals surface area contributed by atoms with Gasteiger partial charge in [0.25, 0.3) is 0 Å². The summed E-state index contributed by atoms with van der Waals surface area (Å²) in [6.45, 7) is 0. The molecule has 0 radical (unpaired) electrons. The molecule has 0 bridgehead atoms. The van der Waals surface area contributed by atoms with Gasteiger partial charge < -0.3 is 0 Å². The van der Waals surface area contributed by atoms with Gasteiger partial charge in [-0.05, 0) is 0 Å². The van der Waals surface area contributed by atoms with Gasteiger partial charge in [0.15, 0.2) is 0 Å². The molecule has 0 rings (SSSR count). The average molecular weight is 278 g/mol. The molecule has 0 aliphatic carbocycles. The van der Waals surface area contributed by atoms with E-state index >= 15 is 0 Å². The van der Waals surface area contributed by atoms with E-state index in [2.05, 4.69) is 2.69 Å². The van der Waals surface area contributed by atoms with Crippen molar-refractivity contribution in [3.05, 3.63) is 0 Å². The third-order valence-corrected chi connectivity index (χ3v) is 1.10. The van der Waals surface area contributed by atoms with Gasteiger partial charge in [-0.3, -0.25) is 0 Å². The van der Waals surface area contributed by atoms with Crippen LogP contribution in [0.25, 0.3) is 0 Å². The van der Waals surface area contributed by atoms with Crippen molar-refractivity contribution in [3.63, 3.8) is 0 Å². The third-order valence-electron chi connectivity index (χ3n) is 0.0449. The van der Waals surface area contributed by atoms with Crippen LogP contribution < -0.4 is 0 Å². The normalized spacial score (nSPS) is 9.40. The van der Waals surface area contributed by atoms with Crippen LogP contribution in [0.15, 0.2) is 0 Å². The van der Waals surface area contributed by atoms with Gasteiger partial charge in [0.05, 0.1) is 0 Å². The molecule has 0 amide bonds. The van der Waals surface area contributed by atoms with Gasteiger partial charge in [-0.2, -0.15) is 0 Å². The summed E-state index contributed by atoms with van der Waals surface area (Å²) in [5.74, 6) is 0. The Morgan fingerprint density at radius 1 is 1.60 bits per heavy atom. The quantitative estimate of drug-likeness (QED) is 0.494. The molecule has 0 aliphatic rings. The number of hydrogen-bond donors (Lipinski definition) is 1. The first-order valence-electron chi connectivity index (χ1n) is 0.671. The van der Waals surface area contributed by atoms with E-state index < -0.39 is 11.0 Å². The molecule has 5 heteroatoms. The maximum absolute atomic E-state index is 9.17. The Morgan fingerprint density at radius 2 is 1.80 bits per heavy atom. The number of thiol groups is 1. The van der Waals surface area contributed by atoms with Crippen LogP contribution in [0, 0.1) is 0 Å². The molecule has 0 unspecified atom stereocenters. The zero-order valence-corrected chi connectivity index (χ0v) is 5.03. The summed E-state index contributed by atoms with van der Waals surface area (Å²) in [7, 11) is -2.62. The zero-order chi connectivity index (χ0) is 4.28. The Hall–Kier alpha value is 0.650. The van der Waals surface area contributed by atoms with Crippen molar-refractivity contribution in [3.8, 4) is 0 Å². The standard InChI is InChI=1S/Au.H2O3S/c;1-4(2)3/h;4H,(H,1,2,3)/q+1;/p-1. The molecule has 0 aromatic carbocycles. The predicted molar refractivity (Wildman–Crippen MR) is 11.4 cm³/mol. The molecule has 5 heavy (non-hydrogen) atoms. The van der Waals surface area contributed by atoms with Crippen molar-refractivity contribution in [2.24, 2.45) is 0 Å². The van der Waals surface area contributed by atoms with Crippen LogP contribution in [-0.2, 0) is 35.1 Å². The van der Waals surface area contributed by atoms with Crippen LogP contribution in [-0.4, -0.2) is 8.42 Å². The summed E-state index contributed by atoms with van der Waals surface area (Å²) in [4.78, 5) is 0. The average Bonchev–Trinajstić information content (AvgIpc) is 1.38. The molecule has 0 atom stereocenters. The summed E-state index contributed by atoms with van der Waals surface area (Å²) >= 11 is 1.43. The first-order chi connectivity index (χ1) is 2.27. The molecule has 0 saturated carbocycles. The molecule has 0 aliphatic heterocycles. The molecule has 3 nitrogen and oxygen atoms in total. The molecule has 0 fully saturated rings. The Balaban J connectivity index is 3.23. The Bertz CT molecular complexity index is 65.0. The van der Waals surface area contributed by atoms with Crippen LogP contribution in [0.2, 0.25) is 0 Å². The van der Waals surface area contributed by atoms with Gasteiger partial charge in [-0.15, -0.1) is 0 Å². The van der Waals surface area contributed by atoms with Crippen LogP contribution in [0.4, 0.5) is 0 Å². The Kier molecular flexibility index (Phi) is 3.24. The molecule has 0 heterocycles. The van der Waals surface area contributed by atoms with Crippen LogP contribution in [0.5, 0.6) is 0 Å². The van der Waals surface area contributed by atoms with Gasteiger partial charge in [0, 0.05) is 0 Å². The van der Waals surface area contributed by atoms with Crippen molar-refractivity contribution < 1.29 is 32.6 Å². The van der Waals surface area contributed by atoms with Crippen LogP contribution in [0.1, 0.15) is 0 Å². The molecular weight excluding hydrogens is 277 g/mol. The van der Waals surface area contributed by atoms with Gasteiger partial charge in [-0.1, -0.05) is 0 Å². The van der Waals surface area contributed by atoms with E-state index in [9.17, 15) is 0 Å². The van der Waals surface area contributed by atoms with Gasteiger partial charge in [0.2, 0.25) is 0 Å². The van der Waals surface area contributed by atoms with Crippen LogP contribution in [0.3, 0.4) is 0 Å². The zero-order valence-electron chi connectivity index (χ0n) is 1.97. The first-order valence-corrected chi connectivity index (χ1v) is 2.65. The summed E-state index contributed by atoms with van der Waals surface area (Å²) in [5, 5.41) is 0. The minimum absolute atomic E-state index is 1.43. The maximum atomic E-state index is 9.17. The Morgan fingerprint density at radius 3 is 1.80 bits per heavy atom. The minimum atomic E-state index is -2.62. The monoisotopic (exact) mass is 278 g/mol. The van der Waals surface area contributed by atoms with Crippen molar-refractivity contribution in [2.75, 3.05) is 0 Å². The van der Waals surface area contributed by atoms with E-state index in [-0.39, 0.29) is 0 Å². The van der Waals surface area contributed by atoms with E-state index in [0.29, 0.717) is 0 Å². The van der Waals surface area contributed by atoms with E-state index in [1.54, 1.807) is 0 Å². The molecule has 0 aromatic rings.